The van der Waals surface area contributed by atoms with E-state index < -0.39 is 41.7 Å². The lowest BCUT2D eigenvalue weighted by Gasteiger charge is -2.28. The van der Waals surface area contributed by atoms with Crippen molar-refractivity contribution in [3.63, 3.8) is 0 Å². The minimum atomic E-state index is -1.70. The minimum Gasteiger partial charge on any atom is -0.481 e. The number of carbonyl (C=O) groups excluding carboxylic acids is 1. The van der Waals surface area contributed by atoms with E-state index in [1.807, 2.05) is 0 Å². The summed E-state index contributed by atoms with van der Waals surface area (Å²) in [6.45, 7) is 0.620. The molecule has 160 valence electrons. The van der Waals surface area contributed by atoms with E-state index >= 15 is 0 Å². The summed E-state index contributed by atoms with van der Waals surface area (Å²) in [5.41, 5.74) is -0.0398. The normalized spacial score (nSPS) is 13.9. The molecule has 0 bridgehead atoms. The third-order valence-electron chi connectivity index (χ3n) is 4.77. The van der Waals surface area contributed by atoms with Crippen molar-refractivity contribution in [2.45, 2.75) is 25.8 Å². The van der Waals surface area contributed by atoms with Gasteiger partial charge >= 0.3 is 17.8 Å². The van der Waals surface area contributed by atoms with E-state index in [0.29, 0.717) is 21.7 Å². The Balaban J connectivity index is 2.26. The van der Waals surface area contributed by atoms with Crippen molar-refractivity contribution < 1.29 is 34.1 Å². The van der Waals surface area contributed by atoms with Gasteiger partial charge in [-0.15, -0.1) is 0 Å². The second kappa shape index (κ2) is 9.69. The van der Waals surface area contributed by atoms with Crippen LogP contribution in [0, 0.1) is 11.2 Å². The molecule has 2 atom stereocenters. The van der Waals surface area contributed by atoms with Gasteiger partial charge < -0.3 is 20.6 Å². The molecule has 30 heavy (non-hydrogen) atoms. The van der Waals surface area contributed by atoms with Crippen molar-refractivity contribution in [3.8, 4) is 11.1 Å². The molecule has 0 unspecified atom stereocenters. The Bertz CT molecular complexity index is 949. The van der Waals surface area contributed by atoms with Crippen LogP contribution in [0.3, 0.4) is 0 Å². The molecule has 0 fully saturated rings. The Labute approximate surface area is 177 Å². The molecule has 9 heteroatoms. The standard InChI is InChI=1S/C21H21ClFNO6/c1-21(11-25,20(29)30)10-15(24-18(26)19(27)28)8-12-2-4-13(5-3-12)16-9-14(22)6-7-17(16)23/h2-7,9,15,25H,8,10-11H2,1H3,(H,24,26)(H,27,28)(H,29,30)/t15-,21+/m1/s1. The Kier molecular flexibility index (Phi) is 7.53. The van der Waals surface area contributed by atoms with Gasteiger partial charge in [0.05, 0.1) is 12.0 Å². The van der Waals surface area contributed by atoms with Crippen LogP contribution in [0.4, 0.5) is 4.39 Å². The highest BCUT2D eigenvalue weighted by Crippen LogP contribution is 2.28. The van der Waals surface area contributed by atoms with Crippen LogP contribution in [0.1, 0.15) is 18.9 Å². The lowest BCUT2D eigenvalue weighted by atomic mass is 9.82. The molecular formula is C21H21ClFNO6. The van der Waals surface area contributed by atoms with E-state index in [1.54, 1.807) is 24.3 Å². The Morgan fingerprint density at radius 3 is 2.30 bits per heavy atom. The summed E-state index contributed by atoms with van der Waals surface area (Å²) in [6, 6.07) is 9.91. The molecule has 0 aliphatic rings. The maximum atomic E-state index is 14.0. The first-order valence-corrected chi connectivity index (χ1v) is 9.36. The third-order valence-corrected chi connectivity index (χ3v) is 5.00. The number of hydrogen-bond donors (Lipinski definition) is 4. The van der Waals surface area contributed by atoms with Crippen molar-refractivity contribution in [2.75, 3.05) is 6.61 Å². The van der Waals surface area contributed by atoms with Crippen molar-refractivity contribution in [1.82, 2.24) is 5.32 Å². The van der Waals surface area contributed by atoms with E-state index in [9.17, 15) is 29.0 Å². The number of nitrogens with one attached hydrogen (secondary N) is 1. The van der Waals surface area contributed by atoms with Gasteiger partial charge in [-0.3, -0.25) is 9.59 Å². The molecule has 2 aromatic carbocycles. The number of aliphatic hydroxyl groups is 1. The second-order valence-corrected chi connectivity index (χ2v) is 7.67. The summed E-state index contributed by atoms with van der Waals surface area (Å²) >= 11 is 5.92. The van der Waals surface area contributed by atoms with Gasteiger partial charge in [-0.2, -0.15) is 0 Å². The fraction of sp³-hybridized carbons (Fsp3) is 0.286. The largest absolute Gasteiger partial charge is 0.481 e. The summed E-state index contributed by atoms with van der Waals surface area (Å²) in [5.74, 6) is -4.69. The maximum Gasteiger partial charge on any atom is 0.394 e. The molecule has 4 N–H and O–H groups in total. The van der Waals surface area contributed by atoms with Crippen LogP contribution in [0.2, 0.25) is 5.02 Å². The van der Waals surface area contributed by atoms with Crippen molar-refractivity contribution in [2.24, 2.45) is 5.41 Å². The highest BCUT2D eigenvalue weighted by Gasteiger charge is 2.36. The Hall–Kier alpha value is -2.97. The van der Waals surface area contributed by atoms with Gasteiger partial charge in [-0.1, -0.05) is 35.9 Å². The molecule has 0 spiro atoms. The number of benzene rings is 2. The van der Waals surface area contributed by atoms with Gasteiger partial charge in [0.15, 0.2) is 0 Å². The van der Waals surface area contributed by atoms with Crippen molar-refractivity contribution >= 4 is 29.4 Å². The van der Waals surface area contributed by atoms with E-state index in [-0.39, 0.29) is 12.8 Å². The third kappa shape index (κ3) is 5.77. The van der Waals surface area contributed by atoms with Crippen LogP contribution < -0.4 is 5.32 Å². The number of amides is 1. The highest BCUT2D eigenvalue weighted by molar-refractivity contribution is 6.31. The van der Waals surface area contributed by atoms with Gasteiger partial charge in [0.1, 0.15) is 5.82 Å². The first-order chi connectivity index (χ1) is 14.1. The lowest BCUT2D eigenvalue weighted by molar-refractivity contribution is -0.152. The minimum absolute atomic E-state index is 0.111. The molecule has 0 saturated carbocycles. The molecule has 0 heterocycles. The van der Waals surface area contributed by atoms with Crippen molar-refractivity contribution in [1.29, 1.82) is 0 Å². The van der Waals surface area contributed by atoms with E-state index in [1.165, 1.54) is 25.1 Å². The first kappa shape index (κ1) is 23.3. The number of carbonyl (C=O) groups is 3. The summed E-state index contributed by atoms with van der Waals surface area (Å²) in [6.07, 6.45) is -0.0806. The number of carboxylic acid groups (broad SMARTS) is 2. The summed E-state index contributed by atoms with van der Waals surface area (Å²) < 4.78 is 14.0. The van der Waals surface area contributed by atoms with Crippen LogP contribution in [-0.4, -0.2) is 45.8 Å². The zero-order valence-corrected chi connectivity index (χ0v) is 16.8. The summed E-state index contributed by atoms with van der Waals surface area (Å²) in [4.78, 5) is 34.0. The monoisotopic (exact) mass is 437 g/mol. The number of aliphatic carboxylic acids is 2. The van der Waals surface area contributed by atoms with Crippen LogP contribution in [-0.2, 0) is 20.8 Å². The van der Waals surface area contributed by atoms with Crippen molar-refractivity contribution in [3.05, 3.63) is 58.9 Å². The molecule has 0 aromatic heterocycles. The lowest BCUT2D eigenvalue weighted by Crippen LogP contribution is -2.46. The fourth-order valence-electron chi connectivity index (χ4n) is 3.01. The average Bonchev–Trinajstić information content (AvgIpc) is 2.70. The maximum absolute atomic E-state index is 14.0. The zero-order chi connectivity index (χ0) is 22.5. The fourth-order valence-corrected chi connectivity index (χ4v) is 3.18. The van der Waals surface area contributed by atoms with Crippen LogP contribution in [0.15, 0.2) is 42.5 Å². The van der Waals surface area contributed by atoms with E-state index in [2.05, 4.69) is 5.32 Å². The Morgan fingerprint density at radius 1 is 1.13 bits per heavy atom. The second-order valence-electron chi connectivity index (χ2n) is 7.23. The highest BCUT2D eigenvalue weighted by atomic mass is 35.5. The molecule has 1 amide bonds. The summed E-state index contributed by atoms with van der Waals surface area (Å²) in [7, 11) is 0. The van der Waals surface area contributed by atoms with Gasteiger partial charge in [0.2, 0.25) is 0 Å². The number of halogens is 2. The summed E-state index contributed by atoms with van der Waals surface area (Å²) in [5, 5.41) is 30.3. The molecule has 0 saturated heterocycles. The van der Waals surface area contributed by atoms with Gasteiger partial charge in [-0.05, 0) is 49.1 Å². The van der Waals surface area contributed by atoms with Gasteiger partial charge in [0, 0.05) is 16.6 Å². The van der Waals surface area contributed by atoms with Crippen LogP contribution in [0.25, 0.3) is 11.1 Å². The molecule has 0 aliphatic heterocycles. The van der Waals surface area contributed by atoms with Crippen LogP contribution in [0.5, 0.6) is 0 Å². The molecule has 0 aliphatic carbocycles. The average molecular weight is 438 g/mol. The van der Waals surface area contributed by atoms with Gasteiger partial charge in [-0.25, -0.2) is 9.18 Å². The zero-order valence-electron chi connectivity index (χ0n) is 16.1. The number of hydrogen-bond acceptors (Lipinski definition) is 4. The molecular weight excluding hydrogens is 417 g/mol. The van der Waals surface area contributed by atoms with Gasteiger partial charge in [0.25, 0.3) is 0 Å². The first-order valence-electron chi connectivity index (χ1n) is 8.98. The number of aliphatic hydroxyl groups excluding tert-OH is 1. The molecule has 0 radical (unpaired) electrons. The van der Waals surface area contributed by atoms with Crippen LogP contribution >= 0.6 is 11.6 Å². The topological polar surface area (TPSA) is 124 Å². The molecule has 2 aromatic rings. The quantitative estimate of drug-likeness (QED) is 0.471. The number of carboxylic acids is 2. The van der Waals surface area contributed by atoms with E-state index in [4.69, 9.17) is 16.7 Å². The Morgan fingerprint density at radius 2 is 1.77 bits per heavy atom. The smallest absolute Gasteiger partial charge is 0.394 e. The molecule has 7 nitrogen and oxygen atoms in total. The predicted octanol–water partition coefficient (Wildman–Crippen LogP) is 2.73. The van der Waals surface area contributed by atoms with E-state index in [0.717, 1.165) is 0 Å². The SMILES string of the molecule is C[C@@](CO)(C[C@@H](Cc1ccc(-c2cc(Cl)ccc2F)cc1)NC(=O)C(=O)O)C(=O)O. The molecule has 2 rings (SSSR count). The number of rotatable bonds is 8. The predicted molar refractivity (Wildman–Crippen MR) is 108 cm³/mol.